The van der Waals surface area contributed by atoms with E-state index >= 15 is 0 Å². The molecule has 0 spiro atoms. The van der Waals surface area contributed by atoms with E-state index in [1.54, 1.807) is 6.07 Å². The lowest BCUT2D eigenvalue weighted by Gasteiger charge is -2.32. The van der Waals surface area contributed by atoms with Crippen LogP contribution in [0.4, 0.5) is 4.39 Å². The number of phenolic OH excluding ortho intramolecular Hbond substituents is 1. The van der Waals surface area contributed by atoms with Crippen LogP contribution < -0.4 is 0 Å². The molecule has 2 aromatic carbocycles. The summed E-state index contributed by atoms with van der Waals surface area (Å²) in [5.41, 5.74) is 6.72. The van der Waals surface area contributed by atoms with E-state index in [0.29, 0.717) is 5.56 Å². The van der Waals surface area contributed by atoms with Crippen LogP contribution in [0.5, 0.6) is 5.75 Å². The molecule has 4 aromatic rings. The van der Waals surface area contributed by atoms with Gasteiger partial charge in [0, 0.05) is 61.1 Å². The van der Waals surface area contributed by atoms with E-state index in [0.717, 1.165) is 66.1 Å². The minimum atomic E-state index is -0.628. The molecule has 3 heterocycles. The molecule has 0 bridgehead atoms. The number of halogens is 1. The number of pyridine rings is 1. The number of hydrogen-bond donors (Lipinski definition) is 2. The first-order valence-electron chi connectivity index (χ1n) is 11.0. The second kappa shape index (κ2) is 8.37. The van der Waals surface area contributed by atoms with Crippen molar-refractivity contribution >= 4 is 11.0 Å². The molecular formula is C26H27FN4O. The van der Waals surface area contributed by atoms with Crippen LogP contribution in [-0.2, 0) is 6.54 Å². The van der Waals surface area contributed by atoms with E-state index in [-0.39, 0.29) is 5.75 Å². The molecule has 1 aliphatic heterocycles. The van der Waals surface area contributed by atoms with Crippen molar-refractivity contribution < 1.29 is 9.50 Å². The summed E-state index contributed by atoms with van der Waals surface area (Å²) in [4.78, 5) is 12.8. The van der Waals surface area contributed by atoms with Gasteiger partial charge in [0.15, 0.2) is 11.6 Å². The Morgan fingerprint density at radius 1 is 0.969 bits per heavy atom. The summed E-state index contributed by atoms with van der Waals surface area (Å²) >= 11 is 0. The second-order valence-electron chi connectivity index (χ2n) is 8.69. The Labute approximate surface area is 187 Å². The molecule has 0 atom stereocenters. The van der Waals surface area contributed by atoms with Crippen molar-refractivity contribution in [1.29, 1.82) is 0 Å². The maximum atomic E-state index is 14.0. The fourth-order valence-corrected chi connectivity index (χ4v) is 4.46. The topological polar surface area (TPSA) is 55.4 Å². The lowest BCUT2D eigenvalue weighted by Crippen LogP contribution is -2.43. The lowest BCUT2D eigenvalue weighted by atomic mass is 9.99. The Morgan fingerprint density at radius 3 is 2.41 bits per heavy atom. The fourth-order valence-electron chi connectivity index (χ4n) is 4.46. The van der Waals surface area contributed by atoms with Gasteiger partial charge in [-0.2, -0.15) is 0 Å². The molecule has 2 aromatic heterocycles. The molecule has 2 N–H and O–H groups in total. The molecular weight excluding hydrogens is 403 g/mol. The average Bonchev–Trinajstić information content (AvgIpc) is 3.13. The number of nitrogens with one attached hydrogen (secondary N) is 1. The average molecular weight is 431 g/mol. The number of nitrogens with zero attached hydrogens (tertiary/aromatic N) is 3. The summed E-state index contributed by atoms with van der Waals surface area (Å²) < 4.78 is 14.0. The summed E-state index contributed by atoms with van der Waals surface area (Å²) in [5.74, 6) is -0.974. The first-order valence-corrected chi connectivity index (χ1v) is 11.0. The quantitative estimate of drug-likeness (QED) is 0.488. The standard InChI is InChI=1S/C26H27FN4O/c1-17-25(20-7-8-24(32)23(27)14-20)22-13-21(15-28-26(22)29-17)19-5-3-18(4-6-19)16-31-11-9-30(2)10-12-31/h3-8,13-15,32H,9-12,16H2,1-2H3,(H,28,29). The number of aryl methyl sites for hydroxylation is 1. The number of H-pyrrole nitrogens is 1. The number of rotatable bonds is 4. The Bertz CT molecular complexity index is 1260. The molecule has 0 unspecified atom stereocenters. The zero-order valence-corrected chi connectivity index (χ0v) is 18.4. The van der Waals surface area contributed by atoms with Gasteiger partial charge >= 0.3 is 0 Å². The third-order valence-electron chi connectivity index (χ3n) is 6.36. The number of aromatic nitrogens is 2. The summed E-state index contributed by atoms with van der Waals surface area (Å²) in [7, 11) is 2.17. The van der Waals surface area contributed by atoms with Crippen molar-refractivity contribution in [3.63, 3.8) is 0 Å². The predicted octanol–water partition coefficient (Wildman–Crippen LogP) is 4.80. The van der Waals surface area contributed by atoms with Crippen molar-refractivity contribution in [2.75, 3.05) is 33.2 Å². The Balaban J connectivity index is 1.44. The van der Waals surface area contributed by atoms with Gasteiger partial charge in [0.2, 0.25) is 0 Å². The Hall–Kier alpha value is -3.22. The maximum Gasteiger partial charge on any atom is 0.165 e. The molecule has 5 nitrogen and oxygen atoms in total. The third kappa shape index (κ3) is 3.99. The predicted molar refractivity (Wildman–Crippen MR) is 126 cm³/mol. The van der Waals surface area contributed by atoms with E-state index in [1.165, 1.54) is 17.7 Å². The van der Waals surface area contributed by atoms with Crippen LogP contribution in [0, 0.1) is 12.7 Å². The highest BCUT2D eigenvalue weighted by atomic mass is 19.1. The van der Waals surface area contributed by atoms with Gasteiger partial charge in [-0.1, -0.05) is 30.3 Å². The smallest absolute Gasteiger partial charge is 0.165 e. The minimum absolute atomic E-state index is 0.346. The number of phenols is 1. The molecule has 0 amide bonds. The monoisotopic (exact) mass is 430 g/mol. The maximum absolute atomic E-state index is 14.0. The number of fused-ring (bicyclic) bond motifs is 1. The van der Waals surface area contributed by atoms with Crippen LogP contribution in [0.15, 0.2) is 54.7 Å². The number of hydrogen-bond acceptors (Lipinski definition) is 4. The van der Waals surface area contributed by atoms with Crippen LogP contribution >= 0.6 is 0 Å². The summed E-state index contributed by atoms with van der Waals surface area (Å²) in [6.45, 7) is 7.37. The highest BCUT2D eigenvalue weighted by Crippen LogP contribution is 2.35. The first-order chi connectivity index (χ1) is 15.5. The normalized spacial score (nSPS) is 15.5. The summed E-state index contributed by atoms with van der Waals surface area (Å²) in [5, 5.41) is 10.5. The Morgan fingerprint density at radius 2 is 1.69 bits per heavy atom. The van der Waals surface area contributed by atoms with Gasteiger partial charge in [-0.05, 0) is 48.9 Å². The van der Waals surface area contributed by atoms with Crippen molar-refractivity contribution in [1.82, 2.24) is 19.8 Å². The van der Waals surface area contributed by atoms with Crippen LogP contribution in [0.3, 0.4) is 0 Å². The fraction of sp³-hybridized carbons (Fsp3) is 0.269. The van der Waals surface area contributed by atoms with E-state index in [9.17, 15) is 9.50 Å². The Kier molecular flexibility index (Phi) is 5.41. The third-order valence-corrected chi connectivity index (χ3v) is 6.36. The van der Waals surface area contributed by atoms with Gasteiger partial charge in [0.05, 0.1) is 0 Å². The molecule has 0 saturated carbocycles. The van der Waals surface area contributed by atoms with E-state index in [1.807, 2.05) is 13.1 Å². The first kappa shape index (κ1) is 20.7. The van der Waals surface area contributed by atoms with E-state index in [2.05, 4.69) is 57.1 Å². The molecule has 0 radical (unpaired) electrons. The number of piperazine rings is 1. The van der Waals surface area contributed by atoms with Gasteiger partial charge in [0.1, 0.15) is 5.65 Å². The van der Waals surface area contributed by atoms with Gasteiger partial charge in [0.25, 0.3) is 0 Å². The molecule has 1 saturated heterocycles. The van der Waals surface area contributed by atoms with E-state index in [4.69, 9.17) is 0 Å². The van der Waals surface area contributed by atoms with Crippen molar-refractivity contribution in [2.24, 2.45) is 0 Å². The zero-order chi connectivity index (χ0) is 22.2. The molecule has 1 aliphatic rings. The number of aromatic hydroxyl groups is 1. The van der Waals surface area contributed by atoms with Crippen molar-refractivity contribution in [3.05, 3.63) is 71.8 Å². The highest BCUT2D eigenvalue weighted by Gasteiger charge is 2.16. The number of benzene rings is 2. The molecule has 164 valence electrons. The second-order valence-corrected chi connectivity index (χ2v) is 8.69. The van der Waals surface area contributed by atoms with Gasteiger partial charge in [-0.3, -0.25) is 4.90 Å². The molecule has 1 fully saturated rings. The minimum Gasteiger partial charge on any atom is -0.505 e. The van der Waals surface area contributed by atoms with E-state index < -0.39 is 5.82 Å². The lowest BCUT2D eigenvalue weighted by molar-refractivity contribution is 0.148. The highest BCUT2D eigenvalue weighted by molar-refractivity contribution is 5.97. The number of aromatic amines is 1. The zero-order valence-electron chi connectivity index (χ0n) is 18.4. The van der Waals surface area contributed by atoms with Crippen LogP contribution in [0.25, 0.3) is 33.3 Å². The SMILES string of the molecule is Cc1[nH]c2ncc(-c3ccc(CN4CCN(C)CC4)cc3)cc2c1-c1ccc(O)c(F)c1. The number of likely N-dealkylation sites (N-methyl/N-ethyl adjacent to an activating group) is 1. The van der Waals surface area contributed by atoms with Gasteiger partial charge in [-0.25, -0.2) is 9.37 Å². The molecule has 6 heteroatoms. The van der Waals surface area contributed by atoms with Crippen LogP contribution in [0.1, 0.15) is 11.3 Å². The van der Waals surface area contributed by atoms with Crippen LogP contribution in [0.2, 0.25) is 0 Å². The molecule has 5 rings (SSSR count). The van der Waals surface area contributed by atoms with Crippen LogP contribution in [-0.4, -0.2) is 58.1 Å². The van der Waals surface area contributed by atoms with Crippen molar-refractivity contribution in [2.45, 2.75) is 13.5 Å². The van der Waals surface area contributed by atoms with Crippen molar-refractivity contribution in [3.8, 4) is 28.0 Å². The summed E-state index contributed by atoms with van der Waals surface area (Å²) in [6.07, 6.45) is 1.87. The molecule has 0 aliphatic carbocycles. The van der Waals surface area contributed by atoms with Gasteiger partial charge in [-0.15, -0.1) is 0 Å². The molecule has 32 heavy (non-hydrogen) atoms. The van der Waals surface area contributed by atoms with Gasteiger partial charge < -0.3 is 15.0 Å². The largest absolute Gasteiger partial charge is 0.505 e. The summed E-state index contributed by atoms with van der Waals surface area (Å²) in [6, 6.07) is 15.3.